The predicted molar refractivity (Wildman–Crippen MR) is 95.6 cm³/mol. The fourth-order valence-corrected chi connectivity index (χ4v) is 3.42. The second-order valence-corrected chi connectivity index (χ2v) is 6.78. The summed E-state index contributed by atoms with van der Waals surface area (Å²) in [6.07, 6.45) is 5.08. The van der Waals surface area contributed by atoms with Crippen molar-refractivity contribution in [3.8, 4) is 11.4 Å². The molecule has 0 aliphatic carbocycles. The van der Waals surface area contributed by atoms with E-state index in [1.807, 2.05) is 6.07 Å². The zero-order valence-electron chi connectivity index (χ0n) is 12.0. The van der Waals surface area contributed by atoms with Crippen molar-refractivity contribution in [1.29, 1.82) is 0 Å². The van der Waals surface area contributed by atoms with Gasteiger partial charge in [-0.3, -0.25) is 9.78 Å². The van der Waals surface area contributed by atoms with Gasteiger partial charge in [-0.15, -0.1) is 5.10 Å². The fourth-order valence-electron chi connectivity index (χ4n) is 2.20. The minimum absolute atomic E-state index is 0.219. The van der Waals surface area contributed by atoms with E-state index in [0.29, 0.717) is 25.4 Å². The van der Waals surface area contributed by atoms with Gasteiger partial charge < -0.3 is 0 Å². The summed E-state index contributed by atoms with van der Waals surface area (Å²) in [5.74, 6) is 0.479. The first kappa shape index (κ1) is 15.3. The molecule has 3 heterocycles. The van der Waals surface area contributed by atoms with E-state index in [0.717, 1.165) is 11.1 Å². The number of aromatic nitrogens is 4. The normalized spacial score (nSPS) is 12.2. The fraction of sp³-hybridized carbons (Fsp3) is 0. The number of rotatable bonds is 2. The topological polar surface area (TPSA) is 60.2 Å². The molecule has 24 heavy (non-hydrogen) atoms. The molecule has 0 fully saturated rings. The van der Waals surface area contributed by atoms with Crippen LogP contribution in [-0.4, -0.2) is 19.6 Å². The van der Waals surface area contributed by atoms with E-state index >= 15 is 0 Å². The number of hydrogen-bond acceptors (Lipinski definition) is 5. The van der Waals surface area contributed by atoms with E-state index in [4.69, 9.17) is 23.2 Å². The van der Waals surface area contributed by atoms with Crippen LogP contribution in [-0.2, 0) is 0 Å². The molecular formula is C16H8Cl2N4OS. The lowest BCUT2D eigenvalue weighted by atomic mass is 10.2. The van der Waals surface area contributed by atoms with Gasteiger partial charge in [0.25, 0.3) is 5.56 Å². The van der Waals surface area contributed by atoms with Gasteiger partial charge in [0.15, 0.2) is 5.82 Å². The van der Waals surface area contributed by atoms with Gasteiger partial charge in [0.05, 0.1) is 14.6 Å². The summed E-state index contributed by atoms with van der Waals surface area (Å²) in [6, 6.07) is 8.84. The summed E-state index contributed by atoms with van der Waals surface area (Å²) in [7, 11) is 0. The third-order valence-electron chi connectivity index (χ3n) is 3.34. The van der Waals surface area contributed by atoms with Gasteiger partial charge in [0.2, 0.25) is 4.96 Å². The average Bonchev–Trinajstić information content (AvgIpc) is 3.12. The van der Waals surface area contributed by atoms with Gasteiger partial charge in [-0.05, 0) is 35.9 Å². The number of fused-ring (bicyclic) bond motifs is 1. The summed E-state index contributed by atoms with van der Waals surface area (Å²) < 4.78 is 1.83. The van der Waals surface area contributed by atoms with Crippen LogP contribution in [0.4, 0.5) is 0 Å². The van der Waals surface area contributed by atoms with E-state index < -0.39 is 0 Å². The Kier molecular flexibility index (Phi) is 3.80. The van der Waals surface area contributed by atoms with Gasteiger partial charge in [0.1, 0.15) is 0 Å². The predicted octanol–water partition coefficient (Wildman–Crippen LogP) is 3.07. The van der Waals surface area contributed by atoms with Crippen molar-refractivity contribution in [1.82, 2.24) is 19.6 Å². The van der Waals surface area contributed by atoms with Gasteiger partial charge in [0, 0.05) is 18.0 Å². The summed E-state index contributed by atoms with van der Waals surface area (Å²) in [5, 5.41) is 5.19. The standard InChI is InChI=1S/C16H8Cl2N4OS/c17-11-4-3-9(6-12(11)18)7-13-15(23)22-16(24-13)20-14(21-22)10-2-1-5-19-8-10/h1-8H/b13-7+. The van der Waals surface area contributed by atoms with E-state index in [1.165, 1.54) is 15.9 Å². The molecule has 0 aliphatic heterocycles. The van der Waals surface area contributed by atoms with Crippen molar-refractivity contribution < 1.29 is 0 Å². The van der Waals surface area contributed by atoms with Crippen molar-refractivity contribution >= 4 is 45.6 Å². The van der Waals surface area contributed by atoms with Gasteiger partial charge in [-0.25, -0.2) is 0 Å². The van der Waals surface area contributed by atoms with Crippen LogP contribution in [0, 0.1) is 0 Å². The molecule has 0 saturated carbocycles. The van der Waals surface area contributed by atoms with E-state index in [2.05, 4.69) is 15.1 Å². The van der Waals surface area contributed by atoms with Crippen LogP contribution in [0.2, 0.25) is 10.0 Å². The molecule has 3 aromatic heterocycles. The monoisotopic (exact) mass is 374 g/mol. The third-order valence-corrected chi connectivity index (χ3v) is 5.04. The lowest BCUT2D eigenvalue weighted by Gasteiger charge is -1.96. The van der Waals surface area contributed by atoms with Gasteiger partial charge >= 0.3 is 0 Å². The smallest absolute Gasteiger partial charge is 0.266 e. The molecular weight excluding hydrogens is 367 g/mol. The first-order chi connectivity index (χ1) is 11.6. The Bertz CT molecular complexity index is 1150. The molecule has 5 nitrogen and oxygen atoms in total. The largest absolute Gasteiger partial charge is 0.291 e. The molecule has 4 rings (SSSR count). The van der Waals surface area contributed by atoms with Crippen LogP contribution in [0.15, 0.2) is 47.5 Å². The maximum absolute atomic E-state index is 12.5. The molecule has 8 heteroatoms. The Morgan fingerprint density at radius 2 is 2.04 bits per heavy atom. The van der Waals surface area contributed by atoms with Crippen LogP contribution < -0.4 is 10.1 Å². The molecule has 0 saturated heterocycles. The Morgan fingerprint density at radius 1 is 1.17 bits per heavy atom. The molecule has 0 unspecified atom stereocenters. The highest BCUT2D eigenvalue weighted by Gasteiger charge is 2.12. The second kappa shape index (κ2) is 5.98. The molecule has 0 N–H and O–H groups in total. The van der Waals surface area contributed by atoms with Crippen LogP contribution in [0.5, 0.6) is 0 Å². The Labute approximate surface area is 149 Å². The van der Waals surface area contributed by atoms with Gasteiger partial charge in [-0.2, -0.15) is 9.50 Å². The number of nitrogens with zero attached hydrogens (tertiary/aromatic N) is 4. The minimum atomic E-state index is -0.219. The first-order valence-electron chi connectivity index (χ1n) is 6.88. The molecule has 0 aliphatic rings. The molecule has 0 amide bonds. The number of benzene rings is 1. The van der Waals surface area contributed by atoms with Crippen molar-refractivity contribution in [2.75, 3.05) is 0 Å². The van der Waals surface area contributed by atoms with Crippen molar-refractivity contribution in [2.45, 2.75) is 0 Å². The molecule has 0 spiro atoms. The molecule has 4 aromatic rings. The Hall–Kier alpha value is -2.28. The maximum atomic E-state index is 12.5. The van der Waals surface area contributed by atoms with E-state index in [-0.39, 0.29) is 5.56 Å². The second-order valence-electron chi connectivity index (χ2n) is 4.96. The number of thiazole rings is 1. The number of hydrogen-bond donors (Lipinski definition) is 0. The van der Waals surface area contributed by atoms with Crippen LogP contribution in [0.1, 0.15) is 5.56 Å². The van der Waals surface area contributed by atoms with Crippen molar-refractivity contribution in [3.63, 3.8) is 0 Å². The quantitative estimate of drug-likeness (QED) is 0.540. The number of pyridine rings is 1. The van der Waals surface area contributed by atoms with E-state index in [9.17, 15) is 4.79 Å². The van der Waals surface area contributed by atoms with Crippen LogP contribution in [0.25, 0.3) is 22.4 Å². The highest BCUT2D eigenvalue weighted by Crippen LogP contribution is 2.23. The summed E-state index contributed by atoms with van der Waals surface area (Å²) >= 11 is 13.2. The molecule has 0 radical (unpaired) electrons. The Morgan fingerprint density at radius 3 is 2.75 bits per heavy atom. The van der Waals surface area contributed by atoms with E-state index in [1.54, 1.807) is 42.7 Å². The summed E-state index contributed by atoms with van der Waals surface area (Å²) in [5.41, 5.74) is 1.34. The lowest BCUT2D eigenvalue weighted by Crippen LogP contribution is -2.23. The SMILES string of the molecule is O=c1/c(=C\c2ccc(Cl)c(Cl)c2)sc2nc(-c3cccnc3)nn12. The average molecular weight is 375 g/mol. The molecule has 0 bridgehead atoms. The van der Waals surface area contributed by atoms with Crippen LogP contribution in [0.3, 0.4) is 0 Å². The Balaban J connectivity index is 1.82. The minimum Gasteiger partial charge on any atom is -0.266 e. The van der Waals surface area contributed by atoms with Crippen molar-refractivity contribution in [3.05, 3.63) is 73.2 Å². The lowest BCUT2D eigenvalue weighted by molar-refractivity contribution is 0.936. The zero-order valence-corrected chi connectivity index (χ0v) is 14.3. The van der Waals surface area contributed by atoms with Gasteiger partial charge in [-0.1, -0.05) is 40.6 Å². The van der Waals surface area contributed by atoms with Crippen molar-refractivity contribution in [2.24, 2.45) is 0 Å². The molecule has 118 valence electrons. The maximum Gasteiger partial charge on any atom is 0.291 e. The first-order valence-corrected chi connectivity index (χ1v) is 8.46. The zero-order chi connectivity index (χ0) is 16.7. The van der Waals surface area contributed by atoms with Crippen LogP contribution >= 0.6 is 34.5 Å². The molecule has 1 aromatic carbocycles. The molecule has 0 atom stereocenters. The summed E-state index contributed by atoms with van der Waals surface area (Å²) in [4.78, 5) is 21.5. The number of halogens is 2. The highest BCUT2D eigenvalue weighted by atomic mass is 35.5. The summed E-state index contributed by atoms with van der Waals surface area (Å²) in [6.45, 7) is 0. The highest BCUT2D eigenvalue weighted by molar-refractivity contribution is 7.15. The third kappa shape index (κ3) is 2.69.